The van der Waals surface area contributed by atoms with Gasteiger partial charge in [0, 0.05) is 10.6 Å². The van der Waals surface area contributed by atoms with Crippen LogP contribution in [0.1, 0.15) is 31.9 Å². The zero-order valence-corrected chi connectivity index (χ0v) is 13.6. The van der Waals surface area contributed by atoms with Gasteiger partial charge in [-0.05, 0) is 44.9 Å². The van der Waals surface area contributed by atoms with Crippen molar-refractivity contribution in [2.75, 3.05) is 6.54 Å². The quantitative estimate of drug-likeness (QED) is 0.589. The van der Waals surface area contributed by atoms with Gasteiger partial charge in [0.1, 0.15) is 11.5 Å². The third-order valence-corrected chi connectivity index (χ3v) is 3.66. The largest absolute Gasteiger partial charge is 0.460 e. The van der Waals surface area contributed by atoms with Crippen LogP contribution in [0.3, 0.4) is 0 Å². The minimum absolute atomic E-state index is 0.194. The number of benzene rings is 1. The summed E-state index contributed by atoms with van der Waals surface area (Å²) in [7, 11) is 0. The first-order chi connectivity index (χ1) is 9.24. The number of fused-ring (bicyclic) bond motifs is 1. The van der Waals surface area contributed by atoms with Crippen molar-refractivity contribution >= 4 is 30.0 Å². The Hall–Kier alpha value is -1.00. The summed E-state index contributed by atoms with van der Waals surface area (Å²) in [5.74, 6) is -0.438. The van der Waals surface area contributed by atoms with Gasteiger partial charge in [-0.2, -0.15) is 3.95 Å². The molecule has 0 spiro atoms. The van der Waals surface area contributed by atoms with E-state index in [1.54, 1.807) is 3.95 Å². The number of hydrogen-bond acceptors (Lipinski definition) is 3. The monoisotopic (exact) mass is 312 g/mol. The highest BCUT2D eigenvalue weighted by molar-refractivity contribution is 7.44. The Morgan fingerprint density at radius 1 is 1.40 bits per heavy atom. The molecular formula is C15H19ClNO2S+. The van der Waals surface area contributed by atoms with Gasteiger partial charge in [0.2, 0.25) is 0 Å². The molecule has 0 aromatic heterocycles. The molecule has 2 rings (SSSR count). The van der Waals surface area contributed by atoms with Gasteiger partial charge >= 0.3 is 5.97 Å². The van der Waals surface area contributed by atoms with Gasteiger partial charge in [-0.1, -0.05) is 17.7 Å². The van der Waals surface area contributed by atoms with E-state index in [1.807, 2.05) is 39.0 Å². The van der Waals surface area contributed by atoms with Crippen LogP contribution in [-0.4, -0.2) is 22.1 Å². The van der Waals surface area contributed by atoms with E-state index < -0.39 is 5.60 Å². The summed E-state index contributed by atoms with van der Waals surface area (Å²) in [6.45, 7) is 6.80. The van der Waals surface area contributed by atoms with Gasteiger partial charge in [-0.3, -0.25) is 4.79 Å². The third-order valence-electron chi connectivity index (χ3n) is 3.15. The second kappa shape index (κ2) is 5.78. The van der Waals surface area contributed by atoms with Crippen LogP contribution in [0.4, 0.5) is 0 Å². The predicted molar refractivity (Wildman–Crippen MR) is 80.7 cm³/mol. The Bertz CT molecular complexity index is 551. The minimum Gasteiger partial charge on any atom is -0.460 e. The molecule has 3 nitrogen and oxygen atoms in total. The molecule has 108 valence electrons. The van der Waals surface area contributed by atoms with Gasteiger partial charge < -0.3 is 4.74 Å². The topological polar surface area (TPSA) is 29.3 Å². The van der Waals surface area contributed by atoms with E-state index >= 15 is 0 Å². The van der Waals surface area contributed by atoms with Crippen LogP contribution < -0.4 is 0 Å². The van der Waals surface area contributed by atoms with Crippen molar-refractivity contribution in [2.24, 2.45) is 5.92 Å². The predicted octanol–water partition coefficient (Wildman–Crippen LogP) is 3.10. The molecule has 0 saturated heterocycles. The number of nitrogens with zero attached hydrogens (tertiary/aromatic N) is 1. The highest BCUT2D eigenvalue weighted by Gasteiger charge is 2.33. The molecule has 1 unspecified atom stereocenters. The highest BCUT2D eigenvalue weighted by Crippen LogP contribution is 2.25. The molecule has 0 bridgehead atoms. The summed E-state index contributed by atoms with van der Waals surface area (Å²) in [6, 6.07) is 5.76. The van der Waals surface area contributed by atoms with Gasteiger partial charge in [-0.15, -0.1) is 0 Å². The van der Waals surface area contributed by atoms with Crippen LogP contribution in [0.5, 0.6) is 0 Å². The molecule has 0 fully saturated rings. The zero-order valence-electron chi connectivity index (χ0n) is 12.0. The molecule has 1 atom stereocenters. The van der Waals surface area contributed by atoms with Crippen LogP contribution >= 0.6 is 11.6 Å². The summed E-state index contributed by atoms with van der Waals surface area (Å²) < 4.78 is 7.23. The molecule has 1 aromatic carbocycles. The SMILES string of the molecule is CC(C)(C)OC(=O)C1Cc2cc(Cl)ccc2C[N+](=S)C1. The lowest BCUT2D eigenvalue weighted by Gasteiger charge is -2.22. The fourth-order valence-electron chi connectivity index (χ4n) is 2.31. The minimum atomic E-state index is -0.479. The summed E-state index contributed by atoms with van der Waals surface area (Å²) in [5, 5.41) is 0.685. The maximum Gasteiger partial charge on any atom is 0.316 e. The molecule has 5 heteroatoms. The number of halogens is 1. The second-order valence-corrected chi connectivity index (χ2v) is 7.12. The van der Waals surface area contributed by atoms with Crippen molar-refractivity contribution in [1.29, 1.82) is 0 Å². The third kappa shape index (κ3) is 4.00. The standard InChI is InChI=1S/C15H19ClNO2S/c1-15(2,3)19-14(18)12-6-11-7-13(16)5-4-10(11)8-17(20)9-12/h4-5,7,12H,6,8-9H2,1-3H3/q+1. The number of carbonyl (C=O) groups excluding carboxylic acids is 1. The van der Waals surface area contributed by atoms with E-state index in [1.165, 1.54) is 0 Å². The lowest BCUT2D eigenvalue weighted by atomic mass is 9.97. The average Bonchev–Trinajstić information content (AvgIpc) is 2.45. The average molecular weight is 313 g/mol. The van der Waals surface area contributed by atoms with Gasteiger partial charge in [-0.25, -0.2) is 0 Å². The number of esters is 1. The van der Waals surface area contributed by atoms with E-state index in [-0.39, 0.29) is 11.9 Å². The molecule has 0 N–H and O–H groups in total. The molecule has 0 amide bonds. The van der Waals surface area contributed by atoms with E-state index in [4.69, 9.17) is 28.8 Å². The molecule has 1 heterocycles. The van der Waals surface area contributed by atoms with Gasteiger partial charge in [0.25, 0.3) is 12.4 Å². The second-order valence-electron chi connectivity index (χ2n) is 6.17. The summed E-state index contributed by atoms with van der Waals surface area (Å²) in [5.41, 5.74) is 1.74. The number of rotatable bonds is 1. The van der Waals surface area contributed by atoms with E-state index in [0.29, 0.717) is 24.5 Å². The molecule has 1 aromatic rings. The molecule has 1 aliphatic heterocycles. The van der Waals surface area contributed by atoms with Crippen LogP contribution in [0, 0.1) is 5.92 Å². The lowest BCUT2D eigenvalue weighted by molar-refractivity contribution is -0.518. The number of ether oxygens (including phenoxy) is 1. The van der Waals surface area contributed by atoms with Crippen molar-refractivity contribution in [3.63, 3.8) is 0 Å². The Morgan fingerprint density at radius 2 is 2.10 bits per heavy atom. The van der Waals surface area contributed by atoms with Crippen LogP contribution in [0.25, 0.3) is 0 Å². The fraction of sp³-hybridized carbons (Fsp3) is 0.533. The molecule has 0 saturated carbocycles. The Morgan fingerprint density at radius 3 is 2.75 bits per heavy atom. The van der Waals surface area contributed by atoms with Crippen molar-refractivity contribution in [1.82, 2.24) is 0 Å². The smallest absolute Gasteiger partial charge is 0.316 e. The molecular weight excluding hydrogens is 294 g/mol. The molecule has 20 heavy (non-hydrogen) atoms. The summed E-state index contributed by atoms with van der Waals surface area (Å²) >= 11 is 11.4. The zero-order chi connectivity index (χ0) is 14.9. The van der Waals surface area contributed by atoms with Crippen molar-refractivity contribution < 1.29 is 13.5 Å². The van der Waals surface area contributed by atoms with Gasteiger partial charge in [0.15, 0.2) is 13.1 Å². The molecule has 1 aliphatic rings. The summed E-state index contributed by atoms with van der Waals surface area (Å²) in [6.07, 6.45) is 0.623. The van der Waals surface area contributed by atoms with E-state index in [2.05, 4.69) is 0 Å². The first-order valence-corrected chi connectivity index (χ1v) is 7.41. The van der Waals surface area contributed by atoms with E-state index in [9.17, 15) is 4.79 Å². The maximum absolute atomic E-state index is 12.3. The van der Waals surface area contributed by atoms with Crippen molar-refractivity contribution in [3.8, 4) is 0 Å². The Labute approximate surface area is 130 Å². The molecule has 0 aliphatic carbocycles. The van der Waals surface area contributed by atoms with Crippen LogP contribution in [0.15, 0.2) is 18.2 Å². The van der Waals surface area contributed by atoms with E-state index in [0.717, 1.165) is 11.1 Å². The normalized spacial score (nSPS) is 19.2. The number of hydrogen-bond donors (Lipinski definition) is 0. The number of carbonyl (C=O) groups is 1. The first-order valence-electron chi connectivity index (χ1n) is 6.67. The highest BCUT2D eigenvalue weighted by atomic mass is 35.5. The maximum atomic E-state index is 12.3. The van der Waals surface area contributed by atoms with Crippen molar-refractivity contribution in [2.45, 2.75) is 39.3 Å². The summed E-state index contributed by atoms with van der Waals surface area (Å²) in [4.78, 5) is 12.3. The first kappa shape index (κ1) is 15.4. The molecule has 0 radical (unpaired) electrons. The van der Waals surface area contributed by atoms with Gasteiger partial charge in [0.05, 0.1) is 0 Å². The fourth-order valence-corrected chi connectivity index (χ4v) is 2.83. The van der Waals surface area contributed by atoms with Crippen LogP contribution in [-0.2, 0) is 34.9 Å². The van der Waals surface area contributed by atoms with Crippen molar-refractivity contribution in [3.05, 3.63) is 34.3 Å². The Balaban J connectivity index is 2.24. The van der Waals surface area contributed by atoms with Crippen LogP contribution in [0.2, 0.25) is 5.02 Å². The Kier molecular flexibility index (Phi) is 4.45. The lowest BCUT2D eigenvalue weighted by Crippen LogP contribution is -2.33.